The average Bonchev–Trinajstić information content (AvgIpc) is 2.29. The van der Waals surface area contributed by atoms with Crippen molar-refractivity contribution in [3.8, 4) is 0 Å². The summed E-state index contributed by atoms with van der Waals surface area (Å²) in [4.78, 5) is 13.2. The van der Waals surface area contributed by atoms with Crippen LogP contribution in [0.5, 0.6) is 0 Å². The van der Waals surface area contributed by atoms with Crippen molar-refractivity contribution in [3.05, 3.63) is 12.2 Å². The van der Waals surface area contributed by atoms with Gasteiger partial charge in [0.2, 0.25) is 0 Å². The van der Waals surface area contributed by atoms with E-state index in [2.05, 4.69) is 15.7 Å². The summed E-state index contributed by atoms with van der Waals surface area (Å²) in [6.45, 7) is 8.38. The molecule has 0 radical (unpaired) electrons. The van der Waals surface area contributed by atoms with Crippen LogP contribution in [0.4, 0.5) is 0 Å². The first kappa shape index (κ1) is 19.9. The van der Waals surface area contributed by atoms with Gasteiger partial charge in [-0.15, -0.1) is 0 Å². The maximum Gasteiger partial charge on any atom is 1.00 e. The van der Waals surface area contributed by atoms with Gasteiger partial charge in [-0.25, -0.2) is 4.79 Å². The molecule has 0 aromatic carbocycles. The van der Waals surface area contributed by atoms with Crippen LogP contribution in [-0.2, 0) is 23.8 Å². The van der Waals surface area contributed by atoms with E-state index in [1.807, 2.05) is 0 Å². The molecule has 1 rings (SSSR count). The third-order valence-electron chi connectivity index (χ3n) is 2.52. The zero-order chi connectivity index (χ0) is 13.6. The first-order chi connectivity index (χ1) is 8.41. The number of hydrogen-bond acceptors (Lipinski definition) is 6. The van der Waals surface area contributed by atoms with Gasteiger partial charge in [-0.2, -0.15) is 8.42 Å². The SMILES string of the molecule is C=C(C)C(=O)OS(=O)(=O)CCCN1CCOCC1.[H-].[Rb+]. The number of morpholine rings is 1. The largest absolute Gasteiger partial charge is 1.00 e. The monoisotopic (exact) mass is 363 g/mol. The number of carbonyl (C=O) groups is 1. The molecular weight excluding hydrogens is 344 g/mol. The molecule has 0 atom stereocenters. The summed E-state index contributed by atoms with van der Waals surface area (Å²) in [7, 11) is -3.79. The Morgan fingerprint density at radius 3 is 2.53 bits per heavy atom. The van der Waals surface area contributed by atoms with Crippen LogP contribution >= 0.6 is 0 Å². The van der Waals surface area contributed by atoms with Crippen molar-refractivity contribution >= 4 is 16.1 Å². The normalized spacial score (nSPS) is 16.5. The van der Waals surface area contributed by atoms with Crippen molar-refractivity contribution in [1.29, 1.82) is 0 Å². The standard InChI is InChI=1S/C11H19NO5S.Rb.H/c1-10(2)11(13)17-18(14,15)9-3-4-12-5-7-16-8-6-12;;/h1,3-9H2,2H3;;/q;+1;-1. The summed E-state index contributed by atoms with van der Waals surface area (Å²) in [6.07, 6.45) is 0.436. The van der Waals surface area contributed by atoms with Gasteiger partial charge in [-0.05, 0) is 19.9 Å². The average molecular weight is 364 g/mol. The molecule has 6 nitrogen and oxygen atoms in total. The number of rotatable bonds is 6. The Labute approximate surface area is 164 Å². The van der Waals surface area contributed by atoms with Crippen molar-refractivity contribution in [1.82, 2.24) is 4.90 Å². The molecule has 0 spiro atoms. The summed E-state index contributed by atoms with van der Waals surface area (Å²) in [5, 5.41) is 0. The maximum absolute atomic E-state index is 11.5. The quantitative estimate of drug-likeness (QED) is 0.377. The molecule has 1 aliphatic rings. The van der Waals surface area contributed by atoms with Gasteiger partial charge in [-0.1, -0.05) is 6.58 Å². The van der Waals surface area contributed by atoms with Crippen molar-refractivity contribution < 1.29 is 81.7 Å². The van der Waals surface area contributed by atoms with Gasteiger partial charge >= 0.3 is 74.3 Å². The van der Waals surface area contributed by atoms with Gasteiger partial charge in [0, 0.05) is 18.7 Å². The fourth-order valence-corrected chi connectivity index (χ4v) is 2.46. The second-order valence-corrected chi connectivity index (χ2v) is 5.91. The molecule has 0 aliphatic carbocycles. The molecule has 0 amide bonds. The Morgan fingerprint density at radius 1 is 1.42 bits per heavy atom. The maximum atomic E-state index is 11.5. The van der Waals surface area contributed by atoms with E-state index in [-0.39, 0.29) is 70.9 Å². The van der Waals surface area contributed by atoms with E-state index in [0.717, 1.165) is 13.1 Å². The van der Waals surface area contributed by atoms with Crippen molar-refractivity contribution in [2.75, 3.05) is 38.6 Å². The first-order valence-electron chi connectivity index (χ1n) is 5.83. The topological polar surface area (TPSA) is 72.9 Å². The molecule has 19 heavy (non-hydrogen) atoms. The minimum Gasteiger partial charge on any atom is -1.00 e. The van der Waals surface area contributed by atoms with Crippen LogP contribution in [0.1, 0.15) is 14.8 Å². The van der Waals surface area contributed by atoms with E-state index in [1.165, 1.54) is 6.92 Å². The third-order valence-corrected chi connectivity index (χ3v) is 3.72. The number of carbonyl (C=O) groups excluding carboxylic acids is 1. The van der Waals surface area contributed by atoms with E-state index < -0.39 is 16.1 Å². The van der Waals surface area contributed by atoms with Crippen LogP contribution in [0.25, 0.3) is 0 Å². The first-order valence-corrected chi connectivity index (χ1v) is 7.40. The van der Waals surface area contributed by atoms with Crippen LogP contribution in [0.3, 0.4) is 0 Å². The van der Waals surface area contributed by atoms with Crippen LogP contribution < -0.4 is 58.2 Å². The molecule has 106 valence electrons. The van der Waals surface area contributed by atoms with E-state index in [4.69, 9.17) is 4.74 Å². The van der Waals surface area contributed by atoms with E-state index in [9.17, 15) is 13.2 Å². The fourth-order valence-electron chi connectivity index (χ4n) is 1.52. The van der Waals surface area contributed by atoms with Crippen LogP contribution in [0.2, 0.25) is 0 Å². The molecule has 1 fully saturated rings. The zero-order valence-corrected chi connectivity index (χ0v) is 17.3. The van der Waals surface area contributed by atoms with Crippen molar-refractivity contribution in [3.63, 3.8) is 0 Å². The molecule has 0 aromatic heterocycles. The zero-order valence-electron chi connectivity index (χ0n) is 12.6. The van der Waals surface area contributed by atoms with Gasteiger partial charge < -0.3 is 10.3 Å². The number of hydrogen-bond donors (Lipinski definition) is 0. The fraction of sp³-hybridized carbons (Fsp3) is 0.727. The molecule has 0 unspecified atom stereocenters. The summed E-state index contributed by atoms with van der Waals surface area (Å²) in [6, 6.07) is 0. The molecule has 0 aromatic rings. The molecule has 1 aliphatic heterocycles. The predicted octanol–water partition coefficient (Wildman–Crippen LogP) is -2.73. The summed E-state index contributed by atoms with van der Waals surface area (Å²) in [5.41, 5.74) is 0.0757. The van der Waals surface area contributed by atoms with E-state index in [0.29, 0.717) is 26.2 Å². The van der Waals surface area contributed by atoms with Crippen molar-refractivity contribution in [2.45, 2.75) is 13.3 Å². The third kappa shape index (κ3) is 8.69. The summed E-state index contributed by atoms with van der Waals surface area (Å²) < 4.78 is 32.5. The van der Waals surface area contributed by atoms with Gasteiger partial charge in [-0.3, -0.25) is 4.90 Å². The Balaban J connectivity index is 0. The Hall–Kier alpha value is 0.885. The van der Waals surface area contributed by atoms with Crippen molar-refractivity contribution in [2.24, 2.45) is 0 Å². The minimum absolute atomic E-state index is 0. The molecule has 1 heterocycles. The van der Waals surface area contributed by atoms with Gasteiger partial charge in [0.05, 0.1) is 19.0 Å². The van der Waals surface area contributed by atoms with Gasteiger partial charge in [0.25, 0.3) is 0 Å². The minimum atomic E-state index is -3.79. The smallest absolute Gasteiger partial charge is 1.00 e. The molecule has 0 N–H and O–H groups in total. The van der Waals surface area contributed by atoms with Crippen LogP contribution in [0.15, 0.2) is 12.2 Å². The Morgan fingerprint density at radius 2 is 2.00 bits per heavy atom. The van der Waals surface area contributed by atoms with Gasteiger partial charge in [0.15, 0.2) is 0 Å². The number of ether oxygens (including phenoxy) is 1. The van der Waals surface area contributed by atoms with E-state index in [1.54, 1.807) is 0 Å². The van der Waals surface area contributed by atoms with Crippen LogP contribution in [0, 0.1) is 0 Å². The molecular formula is C11H20NO5RbS. The Kier molecular flexibility index (Phi) is 10.2. The Bertz CT molecular complexity index is 409. The predicted molar refractivity (Wildman–Crippen MR) is 67.7 cm³/mol. The molecule has 8 heteroatoms. The van der Waals surface area contributed by atoms with E-state index >= 15 is 0 Å². The summed E-state index contributed by atoms with van der Waals surface area (Å²) >= 11 is 0. The molecule has 1 saturated heterocycles. The van der Waals surface area contributed by atoms with Crippen LogP contribution in [-0.4, -0.2) is 57.9 Å². The van der Waals surface area contributed by atoms with Gasteiger partial charge in [0.1, 0.15) is 0 Å². The molecule has 0 bridgehead atoms. The second-order valence-electron chi connectivity index (χ2n) is 4.22. The summed E-state index contributed by atoms with van der Waals surface area (Å²) in [5.74, 6) is -1.05. The second kappa shape index (κ2) is 9.75. The number of nitrogens with zero attached hydrogens (tertiary/aromatic N) is 1. The molecule has 0 saturated carbocycles.